The van der Waals surface area contributed by atoms with Crippen molar-refractivity contribution in [1.29, 1.82) is 0 Å². The predicted molar refractivity (Wildman–Crippen MR) is 88.5 cm³/mol. The summed E-state index contributed by atoms with van der Waals surface area (Å²) in [5.74, 6) is 0.724. The maximum atomic E-state index is 12.1. The summed E-state index contributed by atoms with van der Waals surface area (Å²) < 4.78 is 5.94. The van der Waals surface area contributed by atoms with E-state index in [1.54, 1.807) is 17.4 Å². The van der Waals surface area contributed by atoms with Crippen molar-refractivity contribution in [3.8, 4) is 0 Å². The molecule has 2 aliphatic heterocycles. The van der Waals surface area contributed by atoms with Crippen LogP contribution < -0.4 is 5.32 Å². The van der Waals surface area contributed by atoms with E-state index in [-0.39, 0.29) is 12.0 Å². The Kier molecular flexibility index (Phi) is 4.50. The fraction of sp³-hybridized carbons (Fsp3) is 0.500. The SMILES string of the molecule is O=C(NC[C@@H]1CO[C@@H]2CN(Cc3nccs3)C[C@H]12)c1ccnnc1. The Labute approximate surface area is 144 Å². The van der Waals surface area contributed by atoms with Gasteiger partial charge >= 0.3 is 0 Å². The van der Waals surface area contributed by atoms with Crippen LogP contribution in [0.3, 0.4) is 0 Å². The van der Waals surface area contributed by atoms with Crippen molar-refractivity contribution in [2.75, 3.05) is 26.2 Å². The third-order valence-electron chi connectivity index (χ3n) is 4.73. The standard InChI is InChI=1S/C16H19N5O2S/c22-16(11-1-2-19-20-6-11)18-5-12-10-23-14-8-21(7-13(12)14)9-15-17-3-4-24-15/h1-4,6,12-14H,5,7-10H2,(H,18,22)/t12-,13-,14-/m1/s1. The lowest BCUT2D eigenvalue weighted by Gasteiger charge is -2.19. The first kappa shape index (κ1) is 15.6. The highest BCUT2D eigenvalue weighted by molar-refractivity contribution is 7.09. The van der Waals surface area contributed by atoms with Gasteiger partial charge in [0.05, 0.1) is 37.2 Å². The molecule has 126 valence electrons. The lowest BCUT2D eigenvalue weighted by atomic mass is 9.93. The molecule has 8 heteroatoms. The van der Waals surface area contributed by atoms with Crippen LogP contribution in [0.5, 0.6) is 0 Å². The second-order valence-corrected chi connectivity index (χ2v) is 7.24. The molecular formula is C16H19N5O2S. The summed E-state index contributed by atoms with van der Waals surface area (Å²) in [7, 11) is 0. The number of aromatic nitrogens is 3. The Bertz CT molecular complexity index is 681. The topological polar surface area (TPSA) is 80.2 Å². The van der Waals surface area contributed by atoms with Crippen molar-refractivity contribution in [3.63, 3.8) is 0 Å². The highest BCUT2D eigenvalue weighted by Gasteiger charge is 2.43. The Morgan fingerprint density at radius 1 is 1.38 bits per heavy atom. The Balaban J connectivity index is 1.30. The van der Waals surface area contributed by atoms with Crippen LogP contribution in [0.15, 0.2) is 30.0 Å². The predicted octanol–water partition coefficient (Wildman–Crippen LogP) is 0.810. The van der Waals surface area contributed by atoms with Gasteiger partial charge < -0.3 is 10.1 Å². The summed E-state index contributed by atoms with van der Waals surface area (Å²) in [5.41, 5.74) is 0.539. The summed E-state index contributed by atoms with van der Waals surface area (Å²) in [6.45, 7) is 4.18. The normalized spacial score (nSPS) is 26.4. The number of nitrogens with zero attached hydrogens (tertiary/aromatic N) is 4. The zero-order valence-corrected chi connectivity index (χ0v) is 14.0. The number of fused-ring (bicyclic) bond motifs is 1. The second kappa shape index (κ2) is 6.92. The number of carbonyl (C=O) groups is 1. The number of thiazole rings is 1. The first-order chi connectivity index (χ1) is 11.8. The van der Waals surface area contributed by atoms with Crippen molar-refractivity contribution < 1.29 is 9.53 Å². The van der Waals surface area contributed by atoms with E-state index in [4.69, 9.17) is 4.74 Å². The molecule has 2 saturated heterocycles. The highest BCUT2D eigenvalue weighted by Crippen LogP contribution is 2.34. The van der Waals surface area contributed by atoms with E-state index in [1.165, 1.54) is 12.4 Å². The third-order valence-corrected chi connectivity index (χ3v) is 5.49. The third kappa shape index (κ3) is 3.31. The fourth-order valence-electron chi connectivity index (χ4n) is 3.49. The molecule has 0 bridgehead atoms. The molecule has 4 rings (SSSR count). The van der Waals surface area contributed by atoms with Crippen molar-refractivity contribution in [2.24, 2.45) is 11.8 Å². The van der Waals surface area contributed by atoms with Gasteiger partial charge in [-0.15, -0.1) is 11.3 Å². The van der Waals surface area contributed by atoms with E-state index in [0.717, 1.165) is 31.2 Å². The lowest BCUT2D eigenvalue weighted by molar-refractivity contribution is 0.0903. The molecular weight excluding hydrogens is 326 g/mol. The van der Waals surface area contributed by atoms with Crippen molar-refractivity contribution in [1.82, 2.24) is 25.4 Å². The average molecular weight is 345 g/mol. The number of nitrogens with one attached hydrogen (secondary N) is 1. The minimum atomic E-state index is -0.106. The first-order valence-electron chi connectivity index (χ1n) is 8.07. The van der Waals surface area contributed by atoms with Crippen LogP contribution in [0.2, 0.25) is 0 Å². The molecule has 2 aromatic rings. The fourth-order valence-corrected chi connectivity index (χ4v) is 4.15. The largest absolute Gasteiger partial charge is 0.376 e. The summed E-state index contributed by atoms with van der Waals surface area (Å²) in [6.07, 6.45) is 5.13. The van der Waals surface area contributed by atoms with Crippen LogP contribution >= 0.6 is 11.3 Å². The van der Waals surface area contributed by atoms with E-state index in [1.807, 2.05) is 11.6 Å². The molecule has 0 saturated carbocycles. The van der Waals surface area contributed by atoms with Crippen LogP contribution in [-0.4, -0.2) is 58.3 Å². The van der Waals surface area contributed by atoms with E-state index < -0.39 is 0 Å². The first-order valence-corrected chi connectivity index (χ1v) is 8.95. The molecule has 0 radical (unpaired) electrons. The Morgan fingerprint density at radius 3 is 3.12 bits per heavy atom. The number of hydrogen-bond donors (Lipinski definition) is 1. The highest BCUT2D eigenvalue weighted by atomic mass is 32.1. The molecule has 0 aromatic carbocycles. The quantitative estimate of drug-likeness (QED) is 0.864. The van der Waals surface area contributed by atoms with Gasteiger partial charge in [-0.2, -0.15) is 10.2 Å². The molecule has 24 heavy (non-hydrogen) atoms. The molecule has 3 atom stereocenters. The van der Waals surface area contributed by atoms with Crippen LogP contribution in [0.1, 0.15) is 15.4 Å². The zero-order chi connectivity index (χ0) is 16.4. The molecule has 0 aliphatic carbocycles. The van der Waals surface area contributed by atoms with Gasteiger partial charge in [0, 0.05) is 43.0 Å². The second-order valence-electron chi connectivity index (χ2n) is 6.26. The molecule has 0 spiro atoms. The summed E-state index contributed by atoms with van der Waals surface area (Å²) in [4.78, 5) is 18.9. The minimum absolute atomic E-state index is 0.106. The molecule has 7 nitrogen and oxygen atoms in total. The lowest BCUT2D eigenvalue weighted by Crippen LogP contribution is -2.34. The van der Waals surface area contributed by atoms with Gasteiger partial charge in [0.25, 0.3) is 5.91 Å². The van der Waals surface area contributed by atoms with Gasteiger partial charge in [0.15, 0.2) is 0 Å². The van der Waals surface area contributed by atoms with E-state index >= 15 is 0 Å². The van der Waals surface area contributed by atoms with Crippen molar-refractivity contribution in [2.45, 2.75) is 12.6 Å². The molecule has 2 fully saturated rings. The van der Waals surface area contributed by atoms with Crippen LogP contribution in [0, 0.1) is 11.8 Å². The van der Waals surface area contributed by atoms with Crippen LogP contribution in [0.4, 0.5) is 0 Å². The van der Waals surface area contributed by atoms with E-state index in [2.05, 4.69) is 25.4 Å². The number of rotatable bonds is 5. The average Bonchev–Trinajstić information content (AvgIpc) is 3.32. The number of ether oxygens (including phenoxy) is 1. The Morgan fingerprint density at radius 2 is 2.33 bits per heavy atom. The van der Waals surface area contributed by atoms with Gasteiger partial charge in [-0.3, -0.25) is 9.69 Å². The van der Waals surface area contributed by atoms with Gasteiger partial charge in [-0.05, 0) is 6.07 Å². The van der Waals surface area contributed by atoms with Gasteiger partial charge in [0.2, 0.25) is 0 Å². The monoisotopic (exact) mass is 345 g/mol. The van der Waals surface area contributed by atoms with Gasteiger partial charge in [-0.1, -0.05) is 0 Å². The van der Waals surface area contributed by atoms with Gasteiger partial charge in [0.1, 0.15) is 5.01 Å². The molecule has 2 aromatic heterocycles. The maximum Gasteiger partial charge on any atom is 0.252 e. The number of amides is 1. The summed E-state index contributed by atoms with van der Waals surface area (Å²) in [5, 5.41) is 13.6. The number of hydrogen-bond acceptors (Lipinski definition) is 7. The minimum Gasteiger partial charge on any atom is -0.376 e. The van der Waals surface area contributed by atoms with Crippen LogP contribution in [0.25, 0.3) is 0 Å². The van der Waals surface area contributed by atoms with Gasteiger partial charge in [-0.25, -0.2) is 4.98 Å². The summed E-state index contributed by atoms with van der Waals surface area (Å²) in [6, 6.07) is 1.67. The molecule has 4 heterocycles. The number of likely N-dealkylation sites (tertiary alicyclic amines) is 1. The molecule has 2 aliphatic rings. The van der Waals surface area contributed by atoms with E-state index in [0.29, 0.717) is 23.9 Å². The maximum absolute atomic E-state index is 12.1. The smallest absolute Gasteiger partial charge is 0.252 e. The molecule has 1 amide bonds. The van der Waals surface area contributed by atoms with E-state index in [9.17, 15) is 4.79 Å². The Hall–Kier alpha value is -1.90. The van der Waals surface area contributed by atoms with Crippen molar-refractivity contribution in [3.05, 3.63) is 40.6 Å². The van der Waals surface area contributed by atoms with Crippen LogP contribution in [-0.2, 0) is 11.3 Å². The van der Waals surface area contributed by atoms with Crippen molar-refractivity contribution >= 4 is 17.2 Å². The zero-order valence-electron chi connectivity index (χ0n) is 13.2. The summed E-state index contributed by atoms with van der Waals surface area (Å²) >= 11 is 1.69. The molecule has 1 N–H and O–H groups in total. The molecule has 0 unspecified atom stereocenters. The number of carbonyl (C=O) groups excluding carboxylic acids is 1.